The van der Waals surface area contributed by atoms with E-state index in [9.17, 15) is 33.9 Å². The molecule has 1 atom stereocenters. The van der Waals surface area contributed by atoms with Crippen molar-refractivity contribution < 1.29 is 38.6 Å². The van der Waals surface area contributed by atoms with E-state index in [1.165, 1.54) is 21.7 Å². The van der Waals surface area contributed by atoms with Gasteiger partial charge in [0.25, 0.3) is 0 Å². The number of hydrogen-bond acceptors (Lipinski definition) is 9. The quantitative estimate of drug-likeness (QED) is 0.323. The molecule has 5 amide bonds. The fourth-order valence-corrected chi connectivity index (χ4v) is 4.66. The van der Waals surface area contributed by atoms with Gasteiger partial charge in [0, 0.05) is 38.8 Å². The summed E-state index contributed by atoms with van der Waals surface area (Å²) < 4.78 is 11.7. The van der Waals surface area contributed by atoms with Gasteiger partial charge in [-0.2, -0.15) is 4.98 Å². The van der Waals surface area contributed by atoms with E-state index in [2.05, 4.69) is 20.9 Å². The lowest BCUT2D eigenvalue weighted by Gasteiger charge is -2.38. The third-order valence-electron chi connectivity index (χ3n) is 6.88. The van der Waals surface area contributed by atoms with Crippen molar-refractivity contribution in [2.45, 2.75) is 84.6 Å². The van der Waals surface area contributed by atoms with Gasteiger partial charge in [0.15, 0.2) is 0 Å². The zero-order valence-corrected chi connectivity index (χ0v) is 28.6. The average Bonchev–Trinajstić information content (AvgIpc) is 2.94. The molecule has 1 saturated heterocycles. The molecular formula is C32H45N7O9. The minimum absolute atomic E-state index is 0.0177. The molecular weight excluding hydrogens is 626 g/mol. The number of rotatable bonds is 8. The van der Waals surface area contributed by atoms with Crippen molar-refractivity contribution >= 4 is 35.9 Å². The van der Waals surface area contributed by atoms with Gasteiger partial charge >= 0.3 is 29.9 Å². The van der Waals surface area contributed by atoms with E-state index in [4.69, 9.17) is 9.47 Å². The summed E-state index contributed by atoms with van der Waals surface area (Å²) in [5.41, 5.74) is -2.34. The summed E-state index contributed by atoms with van der Waals surface area (Å²) in [5.74, 6) is -1.50. The number of aliphatic carboxylic acids is 1. The molecule has 2 aromatic rings. The van der Waals surface area contributed by atoms with Gasteiger partial charge in [-0.05, 0) is 79.2 Å². The molecule has 0 saturated carbocycles. The summed E-state index contributed by atoms with van der Waals surface area (Å²) in [4.78, 5) is 81.8. The minimum atomic E-state index is -1.23. The maximum Gasteiger partial charge on any atom is 0.408 e. The number of carboxylic acid groups (broad SMARTS) is 1. The molecule has 3 rings (SSSR count). The summed E-state index contributed by atoms with van der Waals surface area (Å²) in [6, 6.07) is 6.21. The Balaban J connectivity index is 1.56. The molecule has 262 valence electrons. The molecule has 16 heteroatoms. The molecule has 0 bridgehead atoms. The van der Waals surface area contributed by atoms with Crippen LogP contribution >= 0.6 is 0 Å². The molecule has 0 unspecified atom stereocenters. The SMILES string of the molecule is CC(C)(C)OC(=O)N[C@@H](Cc1ccc(-n2ccc(NC(=O)N3CCN(C(=O)C(C)(C)NC(=O)OC(C)(C)C)CC3)nc2=O)cc1)C(=O)O. The molecule has 4 N–H and O–H groups in total. The second-order valence-electron chi connectivity index (χ2n) is 13.8. The number of carboxylic acids is 1. The number of urea groups is 1. The van der Waals surface area contributed by atoms with Gasteiger partial charge in [-0.15, -0.1) is 0 Å². The van der Waals surface area contributed by atoms with Crippen molar-refractivity contribution in [2.75, 3.05) is 31.5 Å². The Bertz CT molecular complexity index is 1570. The Labute approximate surface area is 278 Å². The van der Waals surface area contributed by atoms with Crippen molar-refractivity contribution in [3.05, 3.63) is 52.6 Å². The lowest BCUT2D eigenvalue weighted by atomic mass is 10.0. The van der Waals surface area contributed by atoms with Crippen molar-refractivity contribution in [1.29, 1.82) is 0 Å². The Morgan fingerprint density at radius 1 is 0.833 bits per heavy atom. The average molecular weight is 672 g/mol. The van der Waals surface area contributed by atoms with Crippen LogP contribution in [0.1, 0.15) is 61.0 Å². The largest absolute Gasteiger partial charge is 0.480 e. The maximum atomic E-state index is 13.1. The highest BCUT2D eigenvalue weighted by Gasteiger charge is 2.37. The fraction of sp³-hybridized carbons (Fsp3) is 0.531. The van der Waals surface area contributed by atoms with E-state index in [1.54, 1.807) is 84.6 Å². The van der Waals surface area contributed by atoms with Crippen LogP contribution in [0.5, 0.6) is 0 Å². The predicted molar refractivity (Wildman–Crippen MR) is 175 cm³/mol. The first-order valence-electron chi connectivity index (χ1n) is 15.4. The van der Waals surface area contributed by atoms with Crippen LogP contribution in [0.2, 0.25) is 0 Å². The summed E-state index contributed by atoms with van der Waals surface area (Å²) >= 11 is 0. The second-order valence-corrected chi connectivity index (χ2v) is 13.8. The fourth-order valence-electron chi connectivity index (χ4n) is 4.66. The molecule has 2 heterocycles. The van der Waals surface area contributed by atoms with Gasteiger partial charge in [-0.1, -0.05) is 12.1 Å². The van der Waals surface area contributed by atoms with E-state index < -0.39 is 52.7 Å². The third-order valence-corrected chi connectivity index (χ3v) is 6.88. The first kappa shape index (κ1) is 37.3. The van der Waals surface area contributed by atoms with E-state index in [1.807, 2.05) is 0 Å². The number of ether oxygens (including phenoxy) is 2. The van der Waals surface area contributed by atoms with E-state index in [0.717, 1.165) is 0 Å². The number of alkyl carbamates (subject to hydrolysis) is 2. The van der Waals surface area contributed by atoms with Crippen LogP contribution in [0.15, 0.2) is 41.3 Å². The third kappa shape index (κ3) is 11.0. The lowest BCUT2D eigenvalue weighted by Crippen LogP contribution is -2.60. The molecule has 1 fully saturated rings. The topological polar surface area (TPSA) is 201 Å². The minimum Gasteiger partial charge on any atom is -0.480 e. The Morgan fingerprint density at radius 3 is 1.90 bits per heavy atom. The van der Waals surface area contributed by atoms with Crippen molar-refractivity contribution in [3.8, 4) is 5.69 Å². The lowest BCUT2D eigenvalue weighted by molar-refractivity contribution is -0.139. The van der Waals surface area contributed by atoms with Crippen LogP contribution in [-0.2, 0) is 25.5 Å². The number of anilines is 1. The summed E-state index contributed by atoms with van der Waals surface area (Å²) in [5, 5.41) is 17.1. The number of amides is 5. The molecule has 1 aliphatic rings. The van der Waals surface area contributed by atoms with E-state index in [-0.39, 0.29) is 44.3 Å². The van der Waals surface area contributed by atoms with Crippen LogP contribution in [0.3, 0.4) is 0 Å². The monoisotopic (exact) mass is 671 g/mol. The van der Waals surface area contributed by atoms with Crippen LogP contribution in [-0.4, -0.2) is 104 Å². The number of nitrogens with zero attached hydrogens (tertiary/aromatic N) is 4. The number of aromatic nitrogens is 2. The van der Waals surface area contributed by atoms with Gasteiger partial charge in [0.2, 0.25) is 5.91 Å². The predicted octanol–water partition coefficient (Wildman–Crippen LogP) is 2.73. The first-order valence-corrected chi connectivity index (χ1v) is 15.4. The number of piperazine rings is 1. The highest BCUT2D eigenvalue weighted by Crippen LogP contribution is 2.16. The molecule has 0 radical (unpaired) electrons. The van der Waals surface area contributed by atoms with Crippen molar-refractivity contribution in [2.24, 2.45) is 0 Å². The van der Waals surface area contributed by atoms with Gasteiger partial charge < -0.3 is 35.0 Å². The molecule has 1 aromatic carbocycles. The second kappa shape index (κ2) is 14.7. The standard InChI is InChI=1S/C32H45N7O9/c1-30(2,3)47-28(45)33-22(24(40)41)19-20-9-11-21(12-10-20)39-14-13-23(35-27(39)44)34-26(43)38-17-15-37(16-18-38)25(42)32(7,8)36-29(46)48-31(4,5)6/h9-14,22H,15-19H2,1-8H3,(H,33,45)(H,36,46)(H,40,41)(H,34,35,43,44)/t22-/m0/s1. The van der Waals surface area contributed by atoms with Gasteiger partial charge in [0.05, 0.1) is 5.69 Å². The first-order chi connectivity index (χ1) is 22.1. The Morgan fingerprint density at radius 2 is 1.38 bits per heavy atom. The molecule has 48 heavy (non-hydrogen) atoms. The van der Waals surface area contributed by atoms with Crippen LogP contribution in [0, 0.1) is 0 Å². The van der Waals surface area contributed by atoms with Crippen LogP contribution in [0.25, 0.3) is 5.69 Å². The summed E-state index contributed by atoms with van der Waals surface area (Å²) in [6.45, 7) is 14.3. The number of carbonyl (C=O) groups excluding carboxylic acids is 4. The molecule has 0 aliphatic carbocycles. The maximum absolute atomic E-state index is 13.1. The molecule has 16 nitrogen and oxygen atoms in total. The molecule has 1 aliphatic heterocycles. The van der Waals surface area contributed by atoms with Gasteiger partial charge in [0.1, 0.15) is 28.6 Å². The normalized spacial score (nSPS) is 14.4. The Kier molecular flexibility index (Phi) is 11.5. The smallest absolute Gasteiger partial charge is 0.408 e. The van der Waals surface area contributed by atoms with E-state index in [0.29, 0.717) is 11.3 Å². The van der Waals surface area contributed by atoms with Gasteiger partial charge in [-0.3, -0.25) is 14.7 Å². The zero-order valence-electron chi connectivity index (χ0n) is 28.6. The summed E-state index contributed by atoms with van der Waals surface area (Å²) in [6.07, 6.45) is -0.123. The van der Waals surface area contributed by atoms with Crippen molar-refractivity contribution in [1.82, 2.24) is 30.0 Å². The summed E-state index contributed by atoms with van der Waals surface area (Å²) in [7, 11) is 0. The van der Waals surface area contributed by atoms with Crippen LogP contribution < -0.4 is 21.6 Å². The molecule has 1 aromatic heterocycles. The highest BCUT2D eigenvalue weighted by molar-refractivity contribution is 5.90. The van der Waals surface area contributed by atoms with Crippen molar-refractivity contribution in [3.63, 3.8) is 0 Å². The van der Waals surface area contributed by atoms with Gasteiger partial charge in [-0.25, -0.2) is 24.0 Å². The highest BCUT2D eigenvalue weighted by atomic mass is 16.6. The zero-order chi connectivity index (χ0) is 36.0. The molecule has 0 spiro atoms. The van der Waals surface area contributed by atoms with Crippen LogP contribution in [0.4, 0.5) is 20.2 Å². The number of carbonyl (C=O) groups is 5. The van der Waals surface area contributed by atoms with E-state index >= 15 is 0 Å². The Hall–Kier alpha value is -5.15. The number of hydrogen-bond donors (Lipinski definition) is 4. The number of nitrogens with one attached hydrogen (secondary N) is 3. The number of benzene rings is 1.